The van der Waals surface area contributed by atoms with Crippen molar-refractivity contribution >= 4 is 15.9 Å². The lowest BCUT2D eigenvalue weighted by Crippen LogP contribution is -2.13. The fourth-order valence-corrected chi connectivity index (χ4v) is 1.91. The standard InChI is InChI=1S/C13H20BrNO2/c1-3-7-15-9-11-5-6-13(12(14)8-11)17-10-16-4-2/h5-6,8,15H,3-4,7,9-10H2,1-2H3. The predicted octanol–water partition coefficient (Wildman–Crippen LogP) is 3.32. The highest BCUT2D eigenvalue weighted by molar-refractivity contribution is 9.10. The van der Waals surface area contributed by atoms with Gasteiger partial charge in [-0.1, -0.05) is 13.0 Å². The first-order chi connectivity index (χ1) is 8.27. The molecule has 0 aliphatic rings. The van der Waals surface area contributed by atoms with E-state index in [1.165, 1.54) is 5.56 Å². The van der Waals surface area contributed by atoms with Crippen LogP contribution in [-0.4, -0.2) is 19.9 Å². The van der Waals surface area contributed by atoms with Crippen molar-refractivity contribution < 1.29 is 9.47 Å². The Morgan fingerprint density at radius 3 is 2.76 bits per heavy atom. The summed E-state index contributed by atoms with van der Waals surface area (Å²) in [6.07, 6.45) is 1.15. The predicted molar refractivity (Wildman–Crippen MR) is 73.3 cm³/mol. The van der Waals surface area contributed by atoms with Crippen LogP contribution in [0.3, 0.4) is 0 Å². The van der Waals surface area contributed by atoms with E-state index in [1.54, 1.807) is 0 Å². The SMILES string of the molecule is CCCNCc1ccc(OCOCC)c(Br)c1. The average Bonchev–Trinajstić information content (AvgIpc) is 2.32. The molecule has 3 nitrogen and oxygen atoms in total. The molecule has 1 N–H and O–H groups in total. The molecular weight excluding hydrogens is 282 g/mol. The lowest BCUT2D eigenvalue weighted by Gasteiger charge is -2.10. The first kappa shape index (κ1) is 14.5. The van der Waals surface area contributed by atoms with E-state index in [4.69, 9.17) is 9.47 Å². The lowest BCUT2D eigenvalue weighted by atomic mass is 10.2. The zero-order valence-corrected chi connectivity index (χ0v) is 12.0. The summed E-state index contributed by atoms with van der Waals surface area (Å²) in [5, 5.41) is 3.36. The molecule has 0 amide bonds. The second kappa shape index (κ2) is 8.50. The van der Waals surface area contributed by atoms with Gasteiger partial charge in [-0.25, -0.2) is 0 Å². The molecule has 1 aromatic rings. The van der Waals surface area contributed by atoms with Gasteiger partial charge in [0.25, 0.3) is 0 Å². The first-order valence-corrected chi connectivity index (χ1v) is 6.77. The molecule has 0 atom stereocenters. The summed E-state index contributed by atoms with van der Waals surface area (Å²) in [5.41, 5.74) is 1.24. The van der Waals surface area contributed by atoms with Gasteiger partial charge in [-0.3, -0.25) is 0 Å². The van der Waals surface area contributed by atoms with E-state index in [1.807, 2.05) is 13.0 Å². The normalized spacial score (nSPS) is 10.5. The molecule has 0 aliphatic heterocycles. The summed E-state index contributed by atoms with van der Waals surface area (Å²) in [5.74, 6) is 0.817. The van der Waals surface area contributed by atoms with Crippen LogP contribution >= 0.6 is 15.9 Å². The monoisotopic (exact) mass is 301 g/mol. The Hall–Kier alpha value is -0.580. The van der Waals surface area contributed by atoms with Crippen LogP contribution in [0.1, 0.15) is 25.8 Å². The molecule has 0 aromatic heterocycles. The highest BCUT2D eigenvalue weighted by atomic mass is 79.9. The van der Waals surface area contributed by atoms with Gasteiger partial charge >= 0.3 is 0 Å². The number of hydrogen-bond acceptors (Lipinski definition) is 3. The van der Waals surface area contributed by atoms with Crippen LogP contribution in [0.4, 0.5) is 0 Å². The third-order valence-corrected chi connectivity index (χ3v) is 2.87. The Morgan fingerprint density at radius 1 is 1.29 bits per heavy atom. The first-order valence-electron chi connectivity index (χ1n) is 5.97. The second-order valence-electron chi connectivity index (χ2n) is 3.70. The largest absolute Gasteiger partial charge is 0.466 e. The molecule has 0 aliphatic carbocycles. The van der Waals surface area contributed by atoms with Crippen LogP contribution in [-0.2, 0) is 11.3 Å². The van der Waals surface area contributed by atoms with Gasteiger partial charge in [-0.05, 0) is 53.5 Å². The highest BCUT2D eigenvalue weighted by Crippen LogP contribution is 2.25. The van der Waals surface area contributed by atoms with Gasteiger partial charge in [0.05, 0.1) is 4.47 Å². The minimum atomic E-state index is 0.294. The number of halogens is 1. The van der Waals surface area contributed by atoms with E-state index in [2.05, 4.69) is 40.3 Å². The lowest BCUT2D eigenvalue weighted by molar-refractivity contribution is 0.0219. The van der Waals surface area contributed by atoms with E-state index < -0.39 is 0 Å². The molecule has 4 heteroatoms. The van der Waals surface area contributed by atoms with Gasteiger partial charge in [-0.15, -0.1) is 0 Å². The van der Waals surface area contributed by atoms with Crippen molar-refractivity contribution in [3.05, 3.63) is 28.2 Å². The maximum Gasteiger partial charge on any atom is 0.189 e. The zero-order valence-electron chi connectivity index (χ0n) is 10.5. The zero-order chi connectivity index (χ0) is 12.5. The molecule has 0 heterocycles. The second-order valence-corrected chi connectivity index (χ2v) is 4.55. The third kappa shape index (κ3) is 5.52. The van der Waals surface area contributed by atoms with Crippen molar-refractivity contribution in [3.8, 4) is 5.75 Å². The topological polar surface area (TPSA) is 30.5 Å². The summed E-state index contributed by atoms with van der Waals surface area (Å²) < 4.78 is 11.6. The summed E-state index contributed by atoms with van der Waals surface area (Å²) in [7, 11) is 0. The van der Waals surface area contributed by atoms with E-state index in [0.717, 1.165) is 29.7 Å². The summed E-state index contributed by atoms with van der Waals surface area (Å²) in [6, 6.07) is 6.10. The van der Waals surface area contributed by atoms with Crippen LogP contribution in [0.25, 0.3) is 0 Å². The third-order valence-electron chi connectivity index (χ3n) is 2.25. The molecule has 0 spiro atoms. The average molecular weight is 302 g/mol. The molecular formula is C13H20BrNO2. The van der Waals surface area contributed by atoms with Crippen LogP contribution in [0.15, 0.2) is 22.7 Å². The van der Waals surface area contributed by atoms with Crippen molar-refractivity contribution in [1.82, 2.24) is 5.32 Å². The highest BCUT2D eigenvalue weighted by Gasteiger charge is 2.02. The van der Waals surface area contributed by atoms with E-state index in [-0.39, 0.29) is 0 Å². The molecule has 1 aromatic carbocycles. The Labute approximate surface area is 112 Å². The number of nitrogens with one attached hydrogen (secondary N) is 1. The molecule has 0 saturated heterocycles. The molecule has 0 saturated carbocycles. The van der Waals surface area contributed by atoms with Crippen LogP contribution in [0.2, 0.25) is 0 Å². The molecule has 1 rings (SSSR count). The summed E-state index contributed by atoms with van der Waals surface area (Å²) in [6.45, 7) is 6.99. The molecule has 0 bridgehead atoms. The molecule has 0 unspecified atom stereocenters. The van der Waals surface area contributed by atoms with Crippen LogP contribution in [0.5, 0.6) is 5.75 Å². The summed E-state index contributed by atoms with van der Waals surface area (Å²) >= 11 is 3.50. The minimum absolute atomic E-state index is 0.294. The van der Waals surface area contributed by atoms with Crippen molar-refractivity contribution in [2.24, 2.45) is 0 Å². The number of rotatable bonds is 8. The van der Waals surface area contributed by atoms with Crippen molar-refractivity contribution in [3.63, 3.8) is 0 Å². The Morgan fingerprint density at radius 2 is 2.12 bits per heavy atom. The van der Waals surface area contributed by atoms with Gasteiger partial charge in [0, 0.05) is 13.2 Å². The Balaban J connectivity index is 2.47. The smallest absolute Gasteiger partial charge is 0.189 e. The van der Waals surface area contributed by atoms with Gasteiger partial charge in [0.2, 0.25) is 0 Å². The quantitative estimate of drug-likeness (QED) is 0.590. The van der Waals surface area contributed by atoms with Crippen LogP contribution in [0, 0.1) is 0 Å². The summed E-state index contributed by atoms with van der Waals surface area (Å²) in [4.78, 5) is 0. The van der Waals surface area contributed by atoms with Gasteiger partial charge in [0.15, 0.2) is 6.79 Å². The van der Waals surface area contributed by atoms with Crippen LogP contribution < -0.4 is 10.1 Å². The van der Waals surface area contributed by atoms with E-state index in [9.17, 15) is 0 Å². The van der Waals surface area contributed by atoms with Gasteiger partial charge in [-0.2, -0.15) is 0 Å². The van der Waals surface area contributed by atoms with Gasteiger partial charge < -0.3 is 14.8 Å². The van der Waals surface area contributed by atoms with Crippen molar-refractivity contribution in [1.29, 1.82) is 0 Å². The van der Waals surface area contributed by atoms with Crippen molar-refractivity contribution in [2.45, 2.75) is 26.8 Å². The fourth-order valence-electron chi connectivity index (χ4n) is 1.37. The fraction of sp³-hybridized carbons (Fsp3) is 0.538. The number of hydrogen-bond donors (Lipinski definition) is 1. The molecule has 96 valence electrons. The minimum Gasteiger partial charge on any atom is -0.466 e. The number of ether oxygens (including phenoxy) is 2. The molecule has 0 radical (unpaired) electrons. The molecule has 0 fully saturated rings. The van der Waals surface area contributed by atoms with Gasteiger partial charge in [0.1, 0.15) is 5.75 Å². The maximum absolute atomic E-state index is 5.47. The Bertz CT molecular complexity index is 331. The maximum atomic E-state index is 5.47. The Kier molecular flexibility index (Phi) is 7.24. The van der Waals surface area contributed by atoms with E-state index in [0.29, 0.717) is 13.4 Å². The van der Waals surface area contributed by atoms with Crippen molar-refractivity contribution in [2.75, 3.05) is 19.9 Å². The van der Waals surface area contributed by atoms with E-state index >= 15 is 0 Å². The number of benzene rings is 1. The molecule has 17 heavy (non-hydrogen) atoms.